The van der Waals surface area contributed by atoms with Gasteiger partial charge in [0.15, 0.2) is 11.2 Å². The van der Waals surface area contributed by atoms with Crippen molar-refractivity contribution in [3.05, 3.63) is 92.7 Å². The molecule has 1 aromatic heterocycles. The van der Waals surface area contributed by atoms with Crippen molar-refractivity contribution in [1.82, 2.24) is 14.5 Å². The number of benzene rings is 3. The second-order valence-corrected chi connectivity index (χ2v) is 12.0. The van der Waals surface area contributed by atoms with Crippen LogP contribution in [0.3, 0.4) is 0 Å². The van der Waals surface area contributed by atoms with E-state index in [1.807, 2.05) is 31.4 Å². The van der Waals surface area contributed by atoms with Crippen LogP contribution in [0.5, 0.6) is 5.75 Å². The molecular formula is C32H29Cl2N5O4. The SMILES string of the molecule is COc1ccc(C(=O)N(C)C)cc1-c1nc2c(n1C(C)C)C1(C(=O)Nc3cc(Cl)ccc31)N(c1cc(Cl)ccc1C)C2=O. The van der Waals surface area contributed by atoms with Crippen molar-refractivity contribution in [3.63, 3.8) is 0 Å². The van der Waals surface area contributed by atoms with Crippen LogP contribution in [-0.2, 0) is 10.3 Å². The number of anilines is 2. The van der Waals surface area contributed by atoms with Crippen LogP contribution in [0, 0.1) is 6.92 Å². The topological polar surface area (TPSA) is 96.8 Å². The number of halogens is 2. The molecule has 2 aliphatic rings. The van der Waals surface area contributed by atoms with Crippen molar-refractivity contribution in [2.24, 2.45) is 0 Å². The maximum atomic E-state index is 14.6. The van der Waals surface area contributed by atoms with Crippen molar-refractivity contribution in [1.29, 1.82) is 0 Å². The maximum Gasteiger partial charge on any atom is 0.280 e. The summed E-state index contributed by atoms with van der Waals surface area (Å²) in [4.78, 5) is 49.8. The first-order valence-corrected chi connectivity index (χ1v) is 14.4. The molecule has 0 saturated heterocycles. The molecule has 11 heteroatoms. The van der Waals surface area contributed by atoms with Crippen LogP contribution in [0.1, 0.15) is 57.6 Å². The molecule has 2 aliphatic heterocycles. The smallest absolute Gasteiger partial charge is 0.280 e. The van der Waals surface area contributed by atoms with Gasteiger partial charge in [0.05, 0.1) is 24.1 Å². The summed E-state index contributed by atoms with van der Waals surface area (Å²) >= 11 is 12.8. The van der Waals surface area contributed by atoms with Crippen molar-refractivity contribution >= 4 is 52.3 Å². The van der Waals surface area contributed by atoms with E-state index >= 15 is 0 Å². The third-order valence-electron chi connectivity index (χ3n) is 7.97. The van der Waals surface area contributed by atoms with E-state index in [-0.39, 0.29) is 17.6 Å². The summed E-state index contributed by atoms with van der Waals surface area (Å²) in [6.07, 6.45) is 0. The molecule has 1 atom stereocenters. The van der Waals surface area contributed by atoms with Crippen LogP contribution in [0.25, 0.3) is 11.4 Å². The number of carbonyl (C=O) groups excluding carboxylic acids is 3. The van der Waals surface area contributed by atoms with Gasteiger partial charge in [0.2, 0.25) is 0 Å². The van der Waals surface area contributed by atoms with Gasteiger partial charge >= 0.3 is 0 Å². The Morgan fingerprint density at radius 2 is 1.72 bits per heavy atom. The number of methoxy groups -OCH3 is 1. The van der Waals surface area contributed by atoms with Crippen molar-refractivity contribution < 1.29 is 19.1 Å². The van der Waals surface area contributed by atoms with E-state index < -0.39 is 17.4 Å². The van der Waals surface area contributed by atoms with Crippen LogP contribution >= 0.6 is 23.2 Å². The molecule has 3 amide bonds. The first-order chi connectivity index (χ1) is 20.4. The fourth-order valence-corrected chi connectivity index (χ4v) is 6.44. The van der Waals surface area contributed by atoms with E-state index in [0.29, 0.717) is 55.4 Å². The van der Waals surface area contributed by atoms with Crippen molar-refractivity contribution in [2.75, 3.05) is 31.4 Å². The van der Waals surface area contributed by atoms with Gasteiger partial charge < -0.3 is 19.5 Å². The lowest BCUT2D eigenvalue weighted by atomic mass is 9.86. The predicted octanol–water partition coefficient (Wildman–Crippen LogP) is 6.31. The van der Waals surface area contributed by atoms with Gasteiger partial charge in [-0.1, -0.05) is 35.3 Å². The number of carbonyl (C=O) groups is 3. The highest BCUT2D eigenvalue weighted by atomic mass is 35.5. The minimum atomic E-state index is -1.62. The number of aromatic nitrogens is 2. The molecule has 0 fully saturated rings. The quantitative estimate of drug-likeness (QED) is 0.283. The molecule has 0 bridgehead atoms. The Balaban J connectivity index is 1.72. The van der Waals surface area contributed by atoms with Gasteiger partial charge in [0.1, 0.15) is 11.6 Å². The van der Waals surface area contributed by atoms with E-state index in [1.54, 1.807) is 62.6 Å². The Morgan fingerprint density at radius 1 is 1.02 bits per heavy atom. The third kappa shape index (κ3) is 4.06. The van der Waals surface area contributed by atoms with Crippen molar-refractivity contribution in [2.45, 2.75) is 32.4 Å². The Bertz CT molecular complexity index is 1860. The second-order valence-electron chi connectivity index (χ2n) is 11.1. The number of amides is 3. The number of imidazole rings is 1. The second kappa shape index (κ2) is 10.1. The monoisotopic (exact) mass is 617 g/mol. The van der Waals surface area contributed by atoms with Gasteiger partial charge in [-0.3, -0.25) is 19.3 Å². The summed E-state index contributed by atoms with van der Waals surface area (Å²) in [7, 11) is 4.88. The number of hydrogen-bond donors (Lipinski definition) is 1. The molecule has 0 aliphatic carbocycles. The van der Waals surface area contributed by atoms with Gasteiger partial charge in [0, 0.05) is 47.0 Å². The molecule has 43 heavy (non-hydrogen) atoms. The molecule has 3 heterocycles. The van der Waals surface area contributed by atoms with Crippen LogP contribution in [0.15, 0.2) is 54.6 Å². The Kier molecular flexibility index (Phi) is 6.78. The number of nitrogens with one attached hydrogen (secondary N) is 1. The first-order valence-electron chi connectivity index (χ1n) is 13.7. The maximum absolute atomic E-state index is 14.6. The van der Waals surface area contributed by atoms with E-state index in [2.05, 4.69) is 5.32 Å². The lowest BCUT2D eigenvalue weighted by Gasteiger charge is -2.36. The third-order valence-corrected chi connectivity index (χ3v) is 8.44. The zero-order chi connectivity index (χ0) is 31.0. The van der Waals surface area contributed by atoms with Crippen LogP contribution in [-0.4, -0.2) is 53.4 Å². The number of hydrogen-bond acceptors (Lipinski definition) is 5. The minimum absolute atomic E-state index is 0.118. The summed E-state index contributed by atoms with van der Waals surface area (Å²) in [5, 5.41) is 3.83. The lowest BCUT2D eigenvalue weighted by Crippen LogP contribution is -2.51. The summed E-state index contributed by atoms with van der Waals surface area (Å²) < 4.78 is 7.59. The van der Waals surface area contributed by atoms with Gasteiger partial charge in [-0.15, -0.1) is 0 Å². The van der Waals surface area contributed by atoms with E-state index in [0.717, 1.165) is 5.56 Å². The average Bonchev–Trinajstić information content (AvgIpc) is 3.57. The molecule has 0 radical (unpaired) electrons. The number of ether oxygens (including phenoxy) is 1. The molecule has 1 spiro atoms. The van der Waals surface area contributed by atoms with Crippen molar-refractivity contribution in [3.8, 4) is 17.1 Å². The number of nitrogens with zero attached hydrogens (tertiary/aromatic N) is 4. The fourth-order valence-electron chi connectivity index (χ4n) is 6.10. The van der Waals surface area contributed by atoms with E-state index in [9.17, 15) is 14.4 Å². The normalized spacial score (nSPS) is 17.0. The number of rotatable bonds is 5. The summed E-state index contributed by atoms with van der Waals surface area (Å²) in [6.45, 7) is 5.76. The highest BCUT2D eigenvalue weighted by molar-refractivity contribution is 6.32. The zero-order valence-corrected chi connectivity index (χ0v) is 26.0. The van der Waals surface area contributed by atoms with E-state index in [4.69, 9.17) is 32.9 Å². The molecular weight excluding hydrogens is 589 g/mol. The Labute approximate surface area is 259 Å². The van der Waals surface area contributed by atoms with Crippen LogP contribution in [0.4, 0.5) is 11.4 Å². The first kappa shape index (κ1) is 28.8. The van der Waals surface area contributed by atoms with Gasteiger partial charge in [0.25, 0.3) is 17.7 Å². The standard InChI is InChI=1S/C32H29Cl2N5O4/c1-16(2)38-27-26(36-28(38)21-13-18(29(40)37(4)5)8-12-25(21)43-6)30(41)39(24-15-20(34)9-7-17(24)3)32(27)22-11-10-19(33)14-23(22)35-31(32)42/h7-16H,1-6H3,(H,35,42). The summed E-state index contributed by atoms with van der Waals surface area (Å²) in [6, 6.07) is 15.2. The molecule has 9 nitrogen and oxygen atoms in total. The highest BCUT2D eigenvalue weighted by Gasteiger charge is 2.64. The Morgan fingerprint density at radius 3 is 2.40 bits per heavy atom. The molecule has 0 saturated carbocycles. The predicted molar refractivity (Wildman–Crippen MR) is 166 cm³/mol. The molecule has 4 aromatic rings. The summed E-state index contributed by atoms with van der Waals surface area (Å²) in [5.41, 5.74) is 2.15. The molecule has 220 valence electrons. The molecule has 1 unspecified atom stereocenters. The Hall–Kier alpha value is -4.34. The van der Waals surface area contributed by atoms with Crippen LogP contribution in [0.2, 0.25) is 10.0 Å². The number of fused-ring (bicyclic) bond motifs is 4. The zero-order valence-electron chi connectivity index (χ0n) is 24.5. The number of aryl methyl sites for hydroxylation is 1. The molecule has 3 aromatic carbocycles. The summed E-state index contributed by atoms with van der Waals surface area (Å²) in [5.74, 6) is -0.217. The van der Waals surface area contributed by atoms with Gasteiger partial charge in [-0.25, -0.2) is 4.98 Å². The fraction of sp³-hybridized carbons (Fsp3) is 0.250. The molecule has 6 rings (SSSR count). The van der Waals surface area contributed by atoms with E-state index in [1.165, 1.54) is 16.9 Å². The lowest BCUT2D eigenvalue weighted by molar-refractivity contribution is -0.119. The minimum Gasteiger partial charge on any atom is -0.496 e. The highest BCUT2D eigenvalue weighted by Crippen LogP contribution is 2.55. The average molecular weight is 619 g/mol. The van der Waals surface area contributed by atoms with Gasteiger partial charge in [-0.2, -0.15) is 0 Å². The largest absolute Gasteiger partial charge is 0.496 e. The van der Waals surface area contributed by atoms with Gasteiger partial charge in [-0.05, 0) is 68.8 Å². The van der Waals surface area contributed by atoms with Crippen LogP contribution < -0.4 is 15.0 Å². The molecule has 1 N–H and O–H groups in total.